The molecule has 0 saturated heterocycles. The van der Waals surface area contributed by atoms with E-state index in [4.69, 9.17) is 0 Å². The third kappa shape index (κ3) is 2.32. The molecule has 1 nitrogen and oxygen atoms in total. The molecule has 0 amide bonds. The molecule has 2 rings (SSSR count). The van der Waals surface area contributed by atoms with Crippen molar-refractivity contribution in [2.75, 3.05) is 0 Å². The van der Waals surface area contributed by atoms with Crippen LogP contribution in [0, 0.1) is 23.2 Å². The van der Waals surface area contributed by atoms with Crippen LogP contribution in [-0.2, 0) is 4.79 Å². The summed E-state index contributed by atoms with van der Waals surface area (Å²) >= 11 is 0. The van der Waals surface area contributed by atoms with Crippen molar-refractivity contribution in [1.82, 2.24) is 0 Å². The zero-order valence-electron chi connectivity index (χ0n) is 11.8. The van der Waals surface area contributed by atoms with Gasteiger partial charge in [-0.1, -0.05) is 32.1 Å². The van der Waals surface area contributed by atoms with Crippen molar-refractivity contribution < 1.29 is 4.79 Å². The number of hydrogen-bond acceptors (Lipinski definition) is 1. The molecular weight excluding hydrogens is 220 g/mol. The zero-order chi connectivity index (χ0) is 13.2. The molecule has 0 aliphatic heterocycles. The SMILES string of the molecule is C=C1CCC[C@]2(C)[C@@H]([C@H](C)C/C=C/C=O)CC[C@@H]12. The van der Waals surface area contributed by atoms with Gasteiger partial charge >= 0.3 is 0 Å². The van der Waals surface area contributed by atoms with Crippen molar-refractivity contribution in [3.05, 3.63) is 24.3 Å². The molecule has 2 aliphatic rings. The van der Waals surface area contributed by atoms with E-state index in [-0.39, 0.29) is 0 Å². The molecule has 2 fully saturated rings. The second-order valence-corrected chi connectivity index (χ2v) is 6.53. The Kier molecular flexibility index (Phi) is 4.09. The Hall–Kier alpha value is -0.850. The van der Waals surface area contributed by atoms with Gasteiger partial charge in [0.05, 0.1) is 0 Å². The number of fused-ring (bicyclic) bond motifs is 1. The standard InChI is InChI=1S/C17H26O/c1-13(7-4-5-12-18)15-9-10-16-14(2)8-6-11-17(15,16)3/h4-5,12-13,15-16H,2,6-11H2,1,3H3/b5-4+/t13-,15-,16+,17-/m1/s1. The molecular formula is C17H26O. The molecule has 18 heavy (non-hydrogen) atoms. The van der Waals surface area contributed by atoms with E-state index in [0.29, 0.717) is 11.3 Å². The fourth-order valence-electron chi connectivity index (χ4n) is 4.61. The van der Waals surface area contributed by atoms with Gasteiger partial charge in [0, 0.05) is 0 Å². The second-order valence-electron chi connectivity index (χ2n) is 6.53. The minimum Gasteiger partial charge on any atom is -0.299 e. The summed E-state index contributed by atoms with van der Waals surface area (Å²) in [6.07, 6.45) is 12.2. The lowest BCUT2D eigenvalue weighted by molar-refractivity contribution is -0.104. The summed E-state index contributed by atoms with van der Waals surface area (Å²) in [7, 11) is 0. The van der Waals surface area contributed by atoms with Gasteiger partial charge < -0.3 is 0 Å². The number of hydrogen-bond donors (Lipinski definition) is 0. The Balaban J connectivity index is 2.07. The van der Waals surface area contributed by atoms with Gasteiger partial charge in [0.1, 0.15) is 6.29 Å². The van der Waals surface area contributed by atoms with Crippen molar-refractivity contribution >= 4 is 6.29 Å². The van der Waals surface area contributed by atoms with Crippen LogP contribution in [0.3, 0.4) is 0 Å². The maximum atomic E-state index is 10.3. The molecule has 0 radical (unpaired) electrons. The van der Waals surface area contributed by atoms with Gasteiger partial charge in [-0.25, -0.2) is 0 Å². The van der Waals surface area contributed by atoms with E-state index in [1.807, 2.05) is 6.08 Å². The average molecular weight is 246 g/mol. The normalized spacial score (nSPS) is 37.8. The average Bonchev–Trinajstić information content (AvgIpc) is 2.68. The maximum absolute atomic E-state index is 10.3. The van der Waals surface area contributed by atoms with Gasteiger partial charge in [-0.3, -0.25) is 4.79 Å². The predicted octanol–water partition coefficient (Wildman–Crippen LogP) is 4.54. The lowest BCUT2D eigenvalue weighted by Crippen LogP contribution is -2.35. The number of carbonyl (C=O) groups excluding carboxylic acids is 1. The Morgan fingerprint density at radius 3 is 3.00 bits per heavy atom. The largest absolute Gasteiger partial charge is 0.299 e. The van der Waals surface area contributed by atoms with E-state index < -0.39 is 0 Å². The minimum atomic E-state index is 0.476. The van der Waals surface area contributed by atoms with Crippen LogP contribution in [-0.4, -0.2) is 6.29 Å². The smallest absolute Gasteiger partial charge is 0.142 e. The highest BCUT2D eigenvalue weighted by Crippen LogP contribution is 2.59. The van der Waals surface area contributed by atoms with Gasteiger partial charge in [0.2, 0.25) is 0 Å². The summed E-state index contributed by atoms with van der Waals surface area (Å²) in [6.45, 7) is 9.15. The van der Waals surface area contributed by atoms with Crippen LogP contribution in [0.4, 0.5) is 0 Å². The first-order valence-corrected chi connectivity index (χ1v) is 7.37. The van der Waals surface area contributed by atoms with Crippen LogP contribution >= 0.6 is 0 Å². The maximum Gasteiger partial charge on any atom is 0.142 e. The molecule has 0 aromatic carbocycles. The van der Waals surface area contributed by atoms with Gasteiger partial charge in [0.15, 0.2) is 0 Å². The van der Waals surface area contributed by atoms with Crippen LogP contribution in [0.1, 0.15) is 52.4 Å². The number of allylic oxidation sites excluding steroid dienone is 3. The Morgan fingerprint density at radius 1 is 1.50 bits per heavy atom. The fourth-order valence-corrected chi connectivity index (χ4v) is 4.61. The third-order valence-corrected chi connectivity index (χ3v) is 5.52. The van der Waals surface area contributed by atoms with E-state index in [0.717, 1.165) is 24.5 Å². The summed E-state index contributed by atoms with van der Waals surface area (Å²) < 4.78 is 0. The number of aldehydes is 1. The van der Waals surface area contributed by atoms with Crippen molar-refractivity contribution in [3.8, 4) is 0 Å². The number of carbonyl (C=O) groups is 1. The molecule has 0 heterocycles. The van der Waals surface area contributed by atoms with E-state index in [2.05, 4.69) is 20.4 Å². The highest BCUT2D eigenvalue weighted by molar-refractivity contribution is 5.64. The van der Waals surface area contributed by atoms with E-state index in [1.54, 1.807) is 6.08 Å². The summed E-state index contributed by atoms with van der Waals surface area (Å²) in [6, 6.07) is 0. The van der Waals surface area contributed by atoms with Crippen molar-refractivity contribution in [1.29, 1.82) is 0 Å². The molecule has 0 unspecified atom stereocenters. The molecule has 0 N–H and O–H groups in total. The van der Waals surface area contributed by atoms with Crippen molar-refractivity contribution in [2.45, 2.75) is 52.4 Å². The first-order valence-electron chi connectivity index (χ1n) is 7.37. The molecule has 0 aromatic rings. The quantitative estimate of drug-likeness (QED) is 0.404. The fraction of sp³-hybridized carbons (Fsp3) is 0.706. The van der Waals surface area contributed by atoms with Crippen LogP contribution in [0.2, 0.25) is 0 Å². The molecule has 2 saturated carbocycles. The molecule has 2 aliphatic carbocycles. The monoisotopic (exact) mass is 246 g/mol. The van der Waals surface area contributed by atoms with Gasteiger partial charge in [-0.2, -0.15) is 0 Å². The van der Waals surface area contributed by atoms with Gasteiger partial charge in [-0.15, -0.1) is 0 Å². The molecule has 0 spiro atoms. The number of rotatable bonds is 4. The van der Waals surface area contributed by atoms with Crippen LogP contribution in [0.25, 0.3) is 0 Å². The summed E-state index contributed by atoms with van der Waals surface area (Å²) in [5.41, 5.74) is 1.98. The predicted molar refractivity (Wildman–Crippen MR) is 76.3 cm³/mol. The van der Waals surface area contributed by atoms with Crippen LogP contribution < -0.4 is 0 Å². The van der Waals surface area contributed by atoms with Crippen molar-refractivity contribution in [2.24, 2.45) is 23.2 Å². The summed E-state index contributed by atoms with van der Waals surface area (Å²) in [5, 5.41) is 0. The third-order valence-electron chi connectivity index (χ3n) is 5.52. The van der Waals surface area contributed by atoms with Crippen LogP contribution in [0.5, 0.6) is 0 Å². The molecule has 0 aromatic heterocycles. The van der Waals surface area contributed by atoms with E-state index in [1.165, 1.54) is 37.7 Å². The Labute approximate surface area is 111 Å². The van der Waals surface area contributed by atoms with Crippen molar-refractivity contribution in [3.63, 3.8) is 0 Å². The minimum absolute atomic E-state index is 0.476. The Morgan fingerprint density at radius 2 is 2.28 bits per heavy atom. The molecule has 100 valence electrons. The summed E-state index contributed by atoms with van der Waals surface area (Å²) in [5.74, 6) is 2.24. The second kappa shape index (κ2) is 5.42. The zero-order valence-corrected chi connectivity index (χ0v) is 11.8. The molecule has 4 atom stereocenters. The first-order chi connectivity index (χ1) is 8.59. The lowest BCUT2D eigenvalue weighted by Gasteiger charge is -2.44. The molecule has 0 bridgehead atoms. The van der Waals surface area contributed by atoms with E-state index in [9.17, 15) is 4.79 Å². The van der Waals surface area contributed by atoms with E-state index >= 15 is 0 Å². The first kappa shape index (κ1) is 13.6. The topological polar surface area (TPSA) is 17.1 Å². The summed E-state index contributed by atoms with van der Waals surface area (Å²) in [4.78, 5) is 10.3. The van der Waals surface area contributed by atoms with Gasteiger partial charge in [-0.05, 0) is 67.8 Å². The highest BCUT2D eigenvalue weighted by Gasteiger charge is 2.49. The lowest BCUT2D eigenvalue weighted by atomic mass is 9.61. The van der Waals surface area contributed by atoms with Crippen LogP contribution in [0.15, 0.2) is 24.3 Å². The van der Waals surface area contributed by atoms with Gasteiger partial charge in [0.25, 0.3) is 0 Å². The highest BCUT2D eigenvalue weighted by atomic mass is 16.1. The Bertz CT molecular complexity index is 355. The molecule has 1 heteroatoms.